The van der Waals surface area contributed by atoms with E-state index in [1.165, 1.54) is 60.2 Å². The van der Waals surface area contributed by atoms with E-state index in [1.54, 1.807) is 12.1 Å². The van der Waals surface area contributed by atoms with Gasteiger partial charge in [0.05, 0.1) is 5.69 Å². The van der Waals surface area contributed by atoms with Crippen LogP contribution in [0.5, 0.6) is 5.75 Å². The van der Waals surface area contributed by atoms with Crippen molar-refractivity contribution in [3.63, 3.8) is 0 Å². The van der Waals surface area contributed by atoms with Crippen molar-refractivity contribution in [3.8, 4) is 5.75 Å². The molecule has 1 unspecified atom stereocenters. The first-order valence-electron chi connectivity index (χ1n) is 20.6. The molecule has 2 aliphatic carbocycles. The normalized spacial score (nSPS) is 24.6. The number of amides is 2. The lowest BCUT2D eigenvalue weighted by atomic mass is 9.57. The molecule has 8 heteroatoms. The topological polar surface area (TPSA) is 84.9 Å². The van der Waals surface area contributed by atoms with Crippen LogP contribution in [0.1, 0.15) is 103 Å². The number of anilines is 2. The number of aromatic hydroxyl groups is 1. The van der Waals surface area contributed by atoms with Gasteiger partial charge in [-0.2, -0.15) is 0 Å². The summed E-state index contributed by atoms with van der Waals surface area (Å²) < 4.78 is 15.1. The Morgan fingerprint density at radius 2 is 1.53 bits per heavy atom. The lowest BCUT2D eigenvalue weighted by Gasteiger charge is -2.54. The maximum absolute atomic E-state index is 15.1. The molecule has 2 amide bonds. The van der Waals surface area contributed by atoms with Crippen LogP contribution in [-0.4, -0.2) is 60.6 Å². The molecule has 3 aliphatic heterocycles. The molecule has 0 bridgehead atoms. The van der Waals surface area contributed by atoms with Gasteiger partial charge in [-0.15, -0.1) is 0 Å². The first kappa shape index (κ1) is 36.0. The molecule has 3 heterocycles. The summed E-state index contributed by atoms with van der Waals surface area (Å²) in [5.41, 5.74) is 8.54. The Bertz CT molecular complexity index is 2010. The first-order valence-corrected chi connectivity index (χ1v) is 20.6. The van der Waals surface area contributed by atoms with Crippen LogP contribution in [0.15, 0.2) is 91.0 Å². The minimum absolute atomic E-state index is 0.264. The van der Waals surface area contributed by atoms with Crippen LogP contribution >= 0.6 is 0 Å². The number of imide groups is 1. The molecule has 3 atom stereocenters. The molecule has 1 spiro atoms. The van der Waals surface area contributed by atoms with E-state index < -0.39 is 6.04 Å². The number of hydrogen-bond acceptors (Lipinski definition) is 6. The minimum Gasteiger partial charge on any atom is -0.508 e. The number of fused-ring (bicyclic) bond motifs is 1. The molecule has 0 radical (unpaired) electrons. The van der Waals surface area contributed by atoms with Gasteiger partial charge in [-0.3, -0.25) is 14.9 Å². The maximum Gasteiger partial charge on any atom is 0.249 e. The molecule has 1 saturated carbocycles. The number of phenols is 1. The smallest absolute Gasteiger partial charge is 0.249 e. The van der Waals surface area contributed by atoms with E-state index in [1.807, 2.05) is 18.2 Å². The van der Waals surface area contributed by atoms with Gasteiger partial charge in [0.15, 0.2) is 0 Å². The number of phenolic OH excluding ortho intramolecular Hbond substituents is 1. The highest BCUT2D eigenvalue weighted by molar-refractivity contribution is 6.01. The Labute approximate surface area is 324 Å². The Morgan fingerprint density at radius 1 is 0.782 bits per heavy atom. The highest BCUT2D eigenvalue weighted by Crippen LogP contribution is 2.53. The predicted molar refractivity (Wildman–Crippen MR) is 215 cm³/mol. The second kappa shape index (κ2) is 15.1. The third-order valence-corrected chi connectivity index (χ3v) is 13.8. The molecule has 0 aromatic heterocycles. The SMILES string of the molecule is O=C1CCC(Nc2ccc(C3CCN(CC4CC5(CCN(c6ccc([C@@H]7c8ccc(O)cc8CC[C@@H]7c7ccccc7)cc6)CC5)C4)CC3)cc2F)C(=O)N1. The molecule has 5 aliphatic rings. The number of halogens is 1. The quantitative estimate of drug-likeness (QED) is 0.157. The Morgan fingerprint density at radius 3 is 2.25 bits per heavy atom. The maximum atomic E-state index is 15.1. The Hall–Kier alpha value is -4.69. The number of carbonyl (C=O) groups is 2. The predicted octanol–water partition coefficient (Wildman–Crippen LogP) is 8.49. The highest BCUT2D eigenvalue weighted by atomic mass is 19.1. The lowest BCUT2D eigenvalue weighted by Crippen LogP contribution is -2.50. The van der Waals surface area contributed by atoms with Gasteiger partial charge in [-0.25, -0.2) is 4.39 Å². The highest BCUT2D eigenvalue weighted by Gasteiger charge is 2.46. The van der Waals surface area contributed by atoms with Crippen LogP contribution in [0.25, 0.3) is 0 Å². The molecule has 4 fully saturated rings. The number of likely N-dealkylation sites (tertiary alicyclic amines) is 1. The number of nitrogens with one attached hydrogen (secondary N) is 2. The standard InChI is InChI=1S/C47H53FN4O3/c48-41-27-35(9-15-42(41)49-43-16-17-44(54)50-46(43)55)32-18-22-51(23-19-32)30-31-28-47(29-31)20-24-52(25-21-47)37-10-6-34(7-11-37)45-39(33-4-2-1-3-5-33)13-8-36-26-38(53)12-14-40(36)45/h1-7,9-12,14-15,26-27,31-32,39,43,45,49,53H,8,13,16-25,28-30H2,(H,50,54,55)/t39-,43?,45+/m1/s1. The van der Waals surface area contributed by atoms with E-state index in [-0.39, 0.29) is 30.0 Å². The second-order valence-electron chi connectivity index (χ2n) is 17.2. The van der Waals surface area contributed by atoms with E-state index >= 15 is 4.39 Å². The Kier molecular flexibility index (Phi) is 9.88. The molecule has 7 nitrogen and oxygen atoms in total. The number of benzene rings is 4. The van der Waals surface area contributed by atoms with Crippen molar-refractivity contribution in [1.82, 2.24) is 10.2 Å². The summed E-state index contributed by atoms with van der Waals surface area (Å²) in [6.45, 7) is 5.52. The van der Waals surface area contributed by atoms with Crippen molar-refractivity contribution in [2.24, 2.45) is 11.3 Å². The fraction of sp³-hybridized carbons (Fsp3) is 0.447. The van der Waals surface area contributed by atoms with Crippen LogP contribution in [0, 0.1) is 17.2 Å². The number of piperidine rings is 3. The van der Waals surface area contributed by atoms with Crippen LogP contribution in [-0.2, 0) is 16.0 Å². The van der Waals surface area contributed by atoms with Crippen LogP contribution in [0.3, 0.4) is 0 Å². The molecule has 3 N–H and O–H groups in total. The van der Waals surface area contributed by atoms with Gasteiger partial charge in [-0.1, -0.05) is 54.6 Å². The molecule has 4 aromatic rings. The fourth-order valence-corrected chi connectivity index (χ4v) is 10.8. The average molecular weight is 741 g/mol. The summed E-state index contributed by atoms with van der Waals surface area (Å²) in [5, 5.41) is 15.5. The van der Waals surface area contributed by atoms with Gasteiger partial charge in [0.2, 0.25) is 11.8 Å². The van der Waals surface area contributed by atoms with E-state index in [0.29, 0.717) is 35.1 Å². The first-order chi connectivity index (χ1) is 26.8. The van der Waals surface area contributed by atoms with E-state index in [9.17, 15) is 14.7 Å². The molecule has 55 heavy (non-hydrogen) atoms. The van der Waals surface area contributed by atoms with Gasteiger partial charge in [0.1, 0.15) is 17.6 Å². The summed E-state index contributed by atoms with van der Waals surface area (Å²) in [5.74, 6) is 1.16. The number of nitrogens with zero attached hydrogens (tertiary/aromatic N) is 2. The zero-order valence-corrected chi connectivity index (χ0v) is 31.7. The average Bonchev–Trinajstić information content (AvgIpc) is 3.19. The summed E-state index contributed by atoms with van der Waals surface area (Å²) >= 11 is 0. The number of aryl methyl sites for hydroxylation is 1. The second-order valence-corrected chi connectivity index (χ2v) is 17.2. The largest absolute Gasteiger partial charge is 0.508 e. The number of hydrogen-bond donors (Lipinski definition) is 3. The third kappa shape index (κ3) is 7.50. The van der Waals surface area contributed by atoms with Crippen LogP contribution < -0.4 is 15.5 Å². The molecule has 3 saturated heterocycles. The van der Waals surface area contributed by atoms with Gasteiger partial charge in [0.25, 0.3) is 0 Å². The van der Waals surface area contributed by atoms with Crippen molar-refractivity contribution >= 4 is 23.2 Å². The Balaban J connectivity index is 0.750. The number of carbonyl (C=O) groups excluding carboxylic acids is 2. The molecular formula is C47H53FN4O3. The summed E-state index contributed by atoms with van der Waals surface area (Å²) in [7, 11) is 0. The van der Waals surface area contributed by atoms with Gasteiger partial charge >= 0.3 is 0 Å². The lowest BCUT2D eigenvalue weighted by molar-refractivity contribution is -0.133. The van der Waals surface area contributed by atoms with Crippen molar-refractivity contribution < 1.29 is 19.1 Å². The van der Waals surface area contributed by atoms with Crippen LogP contribution in [0.2, 0.25) is 0 Å². The van der Waals surface area contributed by atoms with Crippen LogP contribution in [0.4, 0.5) is 15.8 Å². The van der Waals surface area contributed by atoms with E-state index in [2.05, 4.69) is 81.1 Å². The number of rotatable bonds is 8. The third-order valence-electron chi connectivity index (χ3n) is 13.8. The summed E-state index contributed by atoms with van der Waals surface area (Å²) in [6, 6.07) is 31.1. The van der Waals surface area contributed by atoms with Crippen molar-refractivity contribution in [2.75, 3.05) is 42.9 Å². The van der Waals surface area contributed by atoms with Gasteiger partial charge in [-0.05, 0) is 158 Å². The molecule has 4 aromatic carbocycles. The zero-order valence-electron chi connectivity index (χ0n) is 31.7. The van der Waals surface area contributed by atoms with E-state index in [4.69, 9.17) is 0 Å². The summed E-state index contributed by atoms with van der Waals surface area (Å²) in [4.78, 5) is 28.8. The van der Waals surface area contributed by atoms with E-state index in [0.717, 1.165) is 63.3 Å². The molecular weight excluding hydrogens is 688 g/mol. The zero-order chi connectivity index (χ0) is 37.5. The monoisotopic (exact) mass is 740 g/mol. The van der Waals surface area contributed by atoms with Crippen molar-refractivity contribution in [1.29, 1.82) is 0 Å². The molecule has 9 rings (SSSR count). The van der Waals surface area contributed by atoms with Crippen molar-refractivity contribution in [3.05, 3.63) is 125 Å². The fourth-order valence-electron chi connectivity index (χ4n) is 10.8. The van der Waals surface area contributed by atoms with Crippen molar-refractivity contribution in [2.45, 2.75) is 88.0 Å². The van der Waals surface area contributed by atoms with Gasteiger partial charge < -0.3 is 20.2 Å². The minimum atomic E-state index is -0.588. The molecule has 286 valence electrons. The van der Waals surface area contributed by atoms with Gasteiger partial charge in [0, 0.05) is 37.7 Å². The summed E-state index contributed by atoms with van der Waals surface area (Å²) in [6.07, 6.45) is 9.98.